The fourth-order valence-corrected chi connectivity index (χ4v) is 2.23. The van der Waals surface area contributed by atoms with E-state index in [0.717, 1.165) is 11.1 Å². The first-order valence-electron chi connectivity index (χ1n) is 6.58. The maximum absolute atomic E-state index is 5.25. The van der Waals surface area contributed by atoms with E-state index in [1.807, 2.05) is 42.5 Å². The highest BCUT2D eigenvalue weighted by Gasteiger charge is 2.06. The fourth-order valence-electron chi connectivity index (χ4n) is 2.05. The van der Waals surface area contributed by atoms with Crippen molar-refractivity contribution in [3.8, 4) is 11.4 Å². The summed E-state index contributed by atoms with van der Waals surface area (Å²) in [5.74, 6) is 0.699. The molecule has 1 heterocycles. The molecule has 0 saturated carbocycles. The first-order valence-corrected chi connectivity index (χ1v) is 6.99. The van der Waals surface area contributed by atoms with Gasteiger partial charge in [0.15, 0.2) is 5.82 Å². The van der Waals surface area contributed by atoms with Gasteiger partial charge in [0.25, 0.3) is 0 Å². The van der Waals surface area contributed by atoms with E-state index in [2.05, 4.69) is 34.4 Å². The minimum atomic E-state index is 0.470. The minimum Gasteiger partial charge on any atom is -0.250 e. The van der Waals surface area contributed by atoms with Crippen LogP contribution in [0.25, 0.3) is 11.4 Å². The van der Waals surface area contributed by atoms with E-state index in [0.29, 0.717) is 10.6 Å². The molecule has 0 spiro atoms. The average molecular weight is 294 g/mol. The summed E-state index contributed by atoms with van der Waals surface area (Å²) in [7, 11) is 0. The molecule has 0 aliphatic carbocycles. The van der Waals surface area contributed by atoms with Crippen LogP contribution in [0, 0.1) is 11.7 Å². The number of hydrogen-bond acceptors (Lipinski definition) is 3. The van der Waals surface area contributed by atoms with Crippen LogP contribution in [0.5, 0.6) is 0 Å². The molecule has 21 heavy (non-hydrogen) atoms. The van der Waals surface area contributed by atoms with E-state index < -0.39 is 0 Å². The molecular formula is C16H14N4S. The molecule has 5 heteroatoms. The van der Waals surface area contributed by atoms with E-state index >= 15 is 0 Å². The molecule has 0 atom stereocenters. The van der Waals surface area contributed by atoms with Gasteiger partial charge in [-0.15, -0.1) is 0 Å². The number of nitrogens with one attached hydrogen (secondary N) is 1. The number of hydrogen-bond donors (Lipinski definition) is 1. The number of aryl methyl sites for hydroxylation is 1. The van der Waals surface area contributed by atoms with Crippen LogP contribution < -0.4 is 0 Å². The predicted octanol–water partition coefficient (Wildman–Crippen LogP) is 3.80. The van der Waals surface area contributed by atoms with Gasteiger partial charge >= 0.3 is 0 Å². The lowest BCUT2D eigenvalue weighted by Gasteiger charge is -2.00. The van der Waals surface area contributed by atoms with Gasteiger partial charge in [0.05, 0.1) is 6.21 Å². The van der Waals surface area contributed by atoms with Gasteiger partial charge in [0.2, 0.25) is 4.77 Å². The molecule has 0 aliphatic rings. The normalized spacial score (nSPS) is 11.1. The summed E-state index contributed by atoms with van der Waals surface area (Å²) in [4.78, 5) is 0. The second-order valence-electron chi connectivity index (χ2n) is 4.69. The standard InChI is InChI=1S/C16H14N4S/c1-12-6-5-7-13(10-12)11-17-20-15(18-19-16(20)21)14-8-3-2-4-9-14/h2-11H,1H3,(H,19,21)/b17-11-. The Hall–Kier alpha value is -2.53. The summed E-state index contributed by atoms with van der Waals surface area (Å²) in [6.07, 6.45) is 1.78. The van der Waals surface area contributed by atoms with E-state index in [4.69, 9.17) is 12.2 Å². The van der Waals surface area contributed by atoms with Crippen molar-refractivity contribution in [3.05, 3.63) is 70.5 Å². The summed E-state index contributed by atoms with van der Waals surface area (Å²) >= 11 is 5.25. The molecule has 4 nitrogen and oxygen atoms in total. The maximum Gasteiger partial charge on any atom is 0.216 e. The lowest BCUT2D eigenvalue weighted by atomic mass is 10.2. The first kappa shape index (κ1) is 13.5. The maximum atomic E-state index is 5.25. The zero-order chi connectivity index (χ0) is 14.7. The molecule has 0 aliphatic heterocycles. The van der Waals surface area contributed by atoms with E-state index in [-0.39, 0.29) is 0 Å². The van der Waals surface area contributed by atoms with Crippen molar-refractivity contribution in [2.24, 2.45) is 5.10 Å². The molecule has 0 amide bonds. The molecule has 2 aromatic carbocycles. The van der Waals surface area contributed by atoms with Crippen LogP contribution in [-0.4, -0.2) is 21.1 Å². The van der Waals surface area contributed by atoms with Gasteiger partial charge in [-0.1, -0.05) is 60.2 Å². The van der Waals surface area contributed by atoms with Crippen molar-refractivity contribution >= 4 is 18.4 Å². The average Bonchev–Trinajstić information content (AvgIpc) is 2.87. The molecule has 0 fully saturated rings. The van der Waals surface area contributed by atoms with Gasteiger partial charge in [-0.3, -0.25) is 0 Å². The third-order valence-corrected chi connectivity index (χ3v) is 3.31. The Labute approximate surface area is 127 Å². The number of rotatable bonds is 3. The van der Waals surface area contributed by atoms with Crippen molar-refractivity contribution in [3.63, 3.8) is 0 Å². The molecule has 1 aromatic heterocycles. The van der Waals surface area contributed by atoms with E-state index in [1.165, 1.54) is 5.56 Å². The molecule has 0 saturated heterocycles. The number of nitrogens with zero attached hydrogens (tertiary/aromatic N) is 3. The largest absolute Gasteiger partial charge is 0.250 e. The van der Waals surface area contributed by atoms with Crippen molar-refractivity contribution in [1.29, 1.82) is 0 Å². The molecule has 0 radical (unpaired) electrons. The predicted molar refractivity (Wildman–Crippen MR) is 87.0 cm³/mol. The molecule has 0 bridgehead atoms. The second-order valence-corrected chi connectivity index (χ2v) is 5.08. The zero-order valence-electron chi connectivity index (χ0n) is 11.5. The number of benzene rings is 2. The van der Waals surface area contributed by atoms with Crippen molar-refractivity contribution in [2.45, 2.75) is 6.92 Å². The molecule has 3 aromatic rings. The number of H-pyrrole nitrogens is 1. The Morgan fingerprint density at radius 3 is 2.71 bits per heavy atom. The molecule has 1 N–H and O–H groups in total. The molecular weight excluding hydrogens is 280 g/mol. The highest BCUT2D eigenvalue weighted by atomic mass is 32.1. The van der Waals surface area contributed by atoms with Crippen LogP contribution in [0.1, 0.15) is 11.1 Å². The third-order valence-electron chi connectivity index (χ3n) is 3.05. The van der Waals surface area contributed by atoms with Crippen molar-refractivity contribution < 1.29 is 0 Å². The van der Waals surface area contributed by atoms with Crippen LogP contribution in [0.3, 0.4) is 0 Å². The SMILES string of the molecule is Cc1cccc(/C=N\n2c(-c3ccccc3)n[nH]c2=S)c1. The molecule has 104 valence electrons. The van der Waals surface area contributed by atoms with Crippen LogP contribution in [-0.2, 0) is 0 Å². The van der Waals surface area contributed by atoms with Gasteiger partial charge < -0.3 is 0 Å². The van der Waals surface area contributed by atoms with Gasteiger partial charge in [-0.05, 0) is 24.7 Å². The van der Waals surface area contributed by atoms with Crippen LogP contribution in [0.2, 0.25) is 0 Å². The summed E-state index contributed by atoms with van der Waals surface area (Å²) < 4.78 is 2.10. The van der Waals surface area contributed by atoms with Crippen LogP contribution in [0.15, 0.2) is 59.7 Å². The summed E-state index contributed by atoms with van der Waals surface area (Å²) in [5, 5.41) is 11.5. The summed E-state index contributed by atoms with van der Waals surface area (Å²) in [6, 6.07) is 18.0. The summed E-state index contributed by atoms with van der Waals surface area (Å²) in [6.45, 7) is 2.05. The van der Waals surface area contributed by atoms with Gasteiger partial charge in [0.1, 0.15) is 0 Å². The smallest absolute Gasteiger partial charge is 0.216 e. The van der Waals surface area contributed by atoms with E-state index in [1.54, 1.807) is 10.9 Å². The zero-order valence-corrected chi connectivity index (χ0v) is 12.3. The minimum absolute atomic E-state index is 0.470. The lowest BCUT2D eigenvalue weighted by Crippen LogP contribution is -1.95. The Morgan fingerprint density at radius 2 is 1.95 bits per heavy atom. The van der Waals surface area contributed by atoms with Crippen LogP contribution >= 0.6 is 12.2 Å². The van der Waals surface area contributed by atoms with Crippen LogP contribution in [0.4, 0.5) is 0 Å². The topological polar surface area (TPSA) is 46.0 Å². The number of aromatic nitrogens is 3. The Morgan fingerprint density at radius 1 is 1.14 bits per heavy atom. The highest BCUT2D eigenvalue weighted by molar-refractivity contribution is 7.71. The van der Waals surface area contributed by atoms with Gasteiger partial charge in [-0.2, -0.15) is 14.9 Å². The quantitative estimate of drug-likeness (QED) is 0.590. The monoisotopic (exact) mass is 294 g/mol. The van der Waals surface area contributed by atoms with Gasteiger partial charge in [-0.25, -0.2) is 5.10 Å². The Bertz CT molecular complexity index is 831. The first-order chi connectivity index (χ1) is 10.2. The Balaban J connectivity index is 2.00. The van der Waals surface area contributed by atoms with Crippen molar-refractivity contribution in [1.82, 2.24) is 14.9 Å². The van der Waals surface area contributed by atoms with Gasteiger partial charge in [0, 0.05) is 5.56 Å². The second kappa shape index (κ2) is 5.85. The highest BCUT2D eigenvalue weighted by Crippen LogP contribution is 2.16. The lowest BCUT2D eigenvalue weighted by molar-refractivity contribution is 0.871. The Kier molecular flexibility index (Phi) is 3.75. The third kappa shape index (κ3) is 2.98. The number of aromatic amines is 1. The fraction of sp³-hybridized carbons (Fsp3) is 0.0625. The summed E-state index contributed by atoms with van der Waals surface area (Å²) in [5.41, 5.74) is 3.18. The van der Waals surface area contributed by atoms with E-state index in [9.17, 15) is 0 Å². The van der Waals surface area contributed by atoms with Crippen molar-refractivity contribution in [2.75, 3.05) is 0 Å². The molecule has 0 unspecified atom stereocenters. The molecule has 3 rings (SSSR count).